The Morgan fingerprint density at radius 1 is 1.43 bits per heavy atom. The lowest BCUT2D eigenvalue weighted by Crippen LogP contribution is -2.35. The fourth-order valence-electron chi connectivity index (χ4n) is 2.68. The first-order valence-corrected chi connectivity index (χ1v) is 8.51. The smallest absolute Gasteiger partial charge is 0.249 e. The number of thiazole rings is 1. The molecule has 1 saturated heterocycles. The molecule has 0 saturated carbocycles. The lowest BCUT2D eigenvalue weighted by Gasteiger charge is -2.16. The Kier molecular flexibility index (Phi) is 4.73. The van der Waals surface area contributed by atoms with Crippen LogP contribution in [0.2, 0.25) is 0 Å². The van der Waals surface area contributed by atoms with E-state index >= 15 is 0 Å². The molecule has 1 aliphatic rings. The number of carbonyl (C=O) groups is 1. The summed E-state index contributed by atoms with van der Waals surface area (Å²) in [4.78, 5) is 17.7. The van der Waals surface area contributed by atoms with Crippen molar-refractivity contribution in [1.29, 1.82) is 0 Å². The maximum Gasteiger partial charge on any atom is 0.249 e. The van der Waals surface area contributed by atoms with Crippen molar-refractivity contribution < 1.29 is 13.9 Å². The summed E-state index contributed by atoms with van der Waals surface area (Å²) < 4.78 is 18.4. The molecule has 6 heteroatoms. The summed E-state index contributed by atoms with van der Waals surface area (Å²) in [7, 11) is 0. The van der Waals surface area contributed by atoms with Crippen LogP contribution in [0.15, 0.2) is 24.3 Å². The number of aryl methyl sites for hydroxylation is 1. The van der Waals surface area contributed by atoms with Crippen LogP contribution in [-0.2, 0) is 9.53 Å². The molecular weight excluding hydrogens is 315 g/mol. The predicted octanol–water partition coefficient (Wildman–Crippen LogP) is 3.61. The largest absolute Gasteiger partial charge is 0.368 e. The molecular formula is C17H19FN2O2S. The van der Waals surface area contributed by atoms with Crippen LogP contribution in [0.25, 0.3) is 10.6 Å². The standard InChI is InChI=1S/C17H19FN2O2S/c1-10(19-16(21)14-4-3-9-22-14)15-11(2)20-17(23-15)12-5-7-13(18)8-6-12/h5-8,10,14H,3-4,9H2,1-2H3,(H,19,21). The molecule has 0 spiro atoms. The number of halogens is 1. The van der Waals surface area contributed by atoms with Gasteiger partial charge in [0.05, 0.1) is 16.6 Å². The van der Waals surface area contributed by atoms with Crippen LogP contribution >= 0.6 is 11.3 Å². The van der Waals surface area contributed by atoms with E-state index in [0.717, 1.165) is 34.0 Å². The highest BCUT2D eigenvalue weighted by Gasteiger charge is 2.26. The van der Waals surface area contributed by atoms with Crippen molar-refractivity contribution in [2.45, 2.75) is 38.8 Å². The van der Waals surface area contributed by atoms with Gasteiger partial charge in [0.2, 0.25) is 5.91 Å². The van der Waals surface area contributed by atoms with Crippen molar-refractivity contribution in [3.63, 3.8) is 0 Å². The molecule has 1 aliphatic heterocycles. The second kappa shape index (κ2) is 6.76. The fraction of sp³-hybridized carbons (Fsp3) is 0.412. The van der Waals surface area contributed by atoms with E-state index in [2.05, 4.69) is 10.3 Å². The Morgan fingerprint density at radius 2 is 2.17 bits per heavy atom. The van der Waals surface area contributed by atoms with E-state index in [1.165, 1.54) is 23.5 Å². The number of carbonyl (C=O) groups excluding carboxylic acids is 1. The third-order valence-corrected chi connectivity index (χ3v) is 5.29. The molecule has 2 aromatic rings. The van der Waals surface area contributed by atoms with E-state index in [4.69, 9.17) is 4.74 Å². The third kappa shape index (κ3) is 3.59. The minimum atomic E-state index is -0.331. The summed E-state index contributed by atoms with van der Waals surface area (Å²) in [6.45, 7) is 4.52. The van der Waals surface area contributed by atoms with Gasteiger partial charge in [-0.2, -0.15) is 0 Å². The average Bonchev–Trinajstić information content (AvgIpc) is 3.17. The van der Waals surface area contributed by atoms with E-state index in [1.807, 2.05) is 13.8 Å². The summed E-state index contributed by atoms with van der Waals surface area (Å²) in [5, 5.41) is 3.83. The van der Waals surface area contributed by atoms with Crippen molar-refractivity contribution in [2.24, 2.45) is 0 Å². The zero-order valence-corrected chi connectivity index (χ0v) is 14.0. The molecule has 1 aromatic carbocycles. The molecule has 23 heavy (non-hydrogen) atoms. The first-order valence-electron chi connectivity index (χ1n) is 7.70. The average molecular weight is 334 g/mol. The Labute approximate surface area is 138 Å². The van der Waals surface area contributed by atoms with Gasteiger partial charge in [-0.15, -0.1) is 11.3 Å². The van der Waals surface area contributed by atoms with Gasteiger partial charge in [-0.3, -0.25) is 4.79 Å². The molecule has 1 amide bonds. The van der Waals surface area contributed by atoms with E-state index in [9.17, 15) is 9.18 Å². The van der Waals surface area contributed by atoms with Gasteiger partial charge in [0.25, 0.3) is 0 Å². The van der Waals surface area contributed by atoms with Crippen molar-refractivity contribution in [1.82, 2.24) is 10.3 Å². The highest BCUT2D eigenvalue weighted by Crippen LogP contribution is 2.32. The Hall–Kier alpha value is -1.79. The van der Waals surface area contributed by atoms with Crippen LogP contribution in [0, 0.1) is 12.7 Å². The molecule has 2 heterocycles. The van der Waals surface area contributed by atoms with Crippen molar-refractivity contribution in [3.05, 3.63) is 40.7 Å². The van der Waals surface area contributed by atoms with E-state index in [-0.39, 0.29) is 23.9 Å². The number of hydrogen-bond donors (Lipinski definition) is 1. The molecule has 1 N–H and O–H groups in total. The number of rotatable bonds is 4. The Morgan fingerprint density at radius 3 is 2.83 bits per heavy atom. The first kappa shape index (κ1) is 16.1. The zero-order valence-electron chi connectivity index (χ0n) is 13.1. The molecule has 1 aromatic heterocycles. The molecule has 0 aliphatic carbocycles. The van der Waals surface area contributed by atoms with Gasteiger partial charge in [0, 0.05) is 12.2 Å². The maximum absolute atomic E-state index is 13.0. The van der Waals surface area contributed by atoms with Crippen LogP contribution in [0.4, 0.5) is 4.39 Å². The number of nitrogens with zero attached hydrogens (tertiary/aromatic N) is 1. The zero-order chi connectivity index (χ0) is 16.4. The highest BCUT2D eigenvalue weighted by atomic mass is 32.1. The second-order valence-corrected chi connectivity index (χ2v) is 6.74. The van der Waals surface area contributed by atoms with Crippen molar-refractivity contribution in [3.8, 4) is 10.6 Å². The SMILES string of the molecule is Cc1nc(-c2ccc(F)cc2)sc1C(C)NC(=O)C1CCCO1. The number of benzene rings is 1. The number of amides is 1. The predicted molar refractivity (Wildman–Crippen MR) is 87.8 cm³/mol. The lowest BCUT2D eigenvalue weighted by molar-refractivity contribution is -0.130. The quantitative estimate of drug-likeness (QED) is 0.929. The molecule has 1 fully saturated rings. The number of nitrogens with one attached hydrogen (secondary N) is 1. The lowest BCUT2D eigenvalue weighted by atomic mass is 10.2. The van der Waals surface area contributed by atoms with E-state index in [0.29, 0.717) is 6.61 Å². The van der Waals surface area contributed by atoms with Gasteiger partial charge >= 0.3 is 0 Å². The van der Waals surface area contributed by atoms with Gasteiger partial charge in [-0.05, 0) is 51.0 Å². The molecule has 0 radical (unpaired) electrons. The minimum absolute atomic E-state index is 0.0638. The highest BCUT2D eigenvalue weighted by molar-refractivity contribution is 7.15. The second-order valence-electron chi connectivity index (χ2n) is 5.71. The van der Waals surface area contributed by atoms with Crippen LogP contribution in [0.3, 0.4) is 0 Å². The monoisotopic (exact) mass is 334 g/mol. The van der Waals surface area contributed by atoms with Gasteiger partial charge in [-0.25, -0.2) is 9.37 Å². The molecule has 0 bridgehead atoms. The minimum Gasteiger partial charge on any atom is -0.368 e. The first-order chi connectivity index (χ1) is 11.0. The van der Waals surface area contributed by atoms with Crippen molar-refractivity contribution in [2.75, 3.05) is 6.61 Å². The van der Waals surface area contributed by atoms with Crippen molar-refractivity contribution >= 4 is 17.2 Å². The van der Waals surface area contributed by atoms with Gasteiger partial charge < -0.3 is 10.1 Å². The number of ether oxygens (including phenoxy) is 1. The topological polar surface area (TPSA) is 51.2 Å². The van der Waals surface area contributed by atoms with Crippen LogP contribution in [-0.4, -0.2) is 23.6 Å². The molecule has 4 nitrogen and oxygen atoms in total. The van der Waals surface area contributed by atoms with E-state index in [1.54, 1.807) is 12.1 Å². The van der Waals surface area contributed by atoms with Gasteiger partial charge in [-0.1, -0.05) is 0 Å². The van der Waals surface area contributed by atoms with Crippen LogP contribution < -0.4 is 5.32 Å². The normalized spacial score (nSPS) is 18.8. The summed E-state index contributed by atoms with van der Waals surface area (Å²) in [5.41, 5.74) is 1.76. The molecule has 3 rings (SSSR count). The Bertz CT molecular complexity index is 693. The van der Waals surface area contributed by atoms with Gasteiger partial charge in [0.1, 0.15) is 16.9 Å². The van der Waals surface area contributed by atoms with E-state index < -0.39 is 0 Å². The summed E-state index contributed by atoms with van der Waals surface area (Å²) in [6, 6.07) is 6.15. The summed E-state index contributed by atoms with van der Waals surface area (Å²) in [6.07, 6.45) is 1.38. The fourth-order valence-corrected chi connectivity index (χ4v) is 3.76. The van der Waals surface area contributed by atoms with Crippen LogP contribution in [0.5, 0.6) is 0 Å². The van der Waals surface area contributed by atoms with Crippen LogP contribution in [0.1, 0.15) is 36.4 Å². The molecule has 122 valence electrons. The summed E-state index contributed by atoms with van der Waals surface area (Å²) in [5.74, 6) is -0.328. The van der Waals surface area contributed by atoms with Gasteiger partial charge in [0.15, 0.2) is 0 Å². The molecule has 2 unspecified atom stereocenters. The maximum atomic E-state index is 13.0. The number of aromatic nitrogens is 1. The Balaban J connectivity index is 1.74. The summed E-state index contributed by atoms with van der Waals surface area (Å²) >= 11 is 1.52. The molecule has 2 atom stereocenters. The third-order valence-electron chi connectivity index (χ3n) is 3.90. The number of hydrogen-bond acceptors (Lipinski definition) is 4.